The summed E-state index contributed by atoms with van der Waals surface area (Å²) < 4.78 is 28.9. The fourth-order valence-electron chi connectivity index (χ4n) is 4.15. The summed E-state index contributed by atoms with van der Waals surface area (Å²) in [4.78, 5) is 2.72. The van der Waals surface area contributed by atoms with E-state index < -0.39 is 10.0 Å². The van der Waals surface area contributed by atoms with Crippen molar-refractivity contribution in [2.24, 2.45) is 0 Å². The molecule has 0 radical (unpaired) electrons. The lowest BCUT2D eigenvalue weighted by atomic mass is 10.2. The fourth-order valence-corrected chi connectivity index (χ4v) is 5.56. The van der Waals surface area contributed by atoms with E-state index in [9.17, 15) is 8.42 Å². The van der Waals surface area contributed by atoms with E-state index in [0.29, 0.717) is 18.0 Å². The van der Waals surface area contributed by atoms with Gasteiger partial charge in [-0.15, -0.1) is 0 Å². The fraction of sp³-hybridized carbons (Fsp3) is 0.333. The van der Waals surface area contributed by atoms with Gasteiger partial charge < -0.3 is 10.6 Å². The van der Waals surface area contributed by atoms with E-state index in [0.717, 1.165) is 62.5 Å². The number of nitrogens with zero attached hydrogens (tertiary/aromatic N) is 2. The molecule has 2 N–H and O–H groups in total. The van der Waals surface area contributed by atoms with E-state index in [1.165, 1.54) is 0 Å². The van der Waals surface area contributed by atoms with Gasteiger partial charge in [-0.05, 0) is 28.8 Å². The Kier molecular flexibility index (Phi) is 8.85. The smallest absolute Gasteiger partial charge is 0.243 e. The second-order valence-corrected chi connectivity index (χ2v) is 10.6. The number of sulfonamides is 1. The number of nitrogens with one attached hydrogen (secondary N) is 2. The van der Waals surface area contributed by atoms with Crippen molar-refractivity contribution in [2.45, 2.75) is 24.5 Å². The van der Waals surface area contributed by atoms with Crippen LogP contribution in [0.5, 0.6) is 0 Å². The summed E-state index contributed by atoms with van der Waals surface area (Å²) in [5.41, 5.74) is 3.05. The standard InChI is InChI=1S/C27H34N4O2S/c32-34(33,31(22-24-7-3-1-4-8-24)23-25-9-5-2-6-10-25)27-13-11-26(12-14-27)21-30-19-17-28-15-16-29-18-20-30/h1-14,28-29H,15-23H2. The van der Waals surface area contributed by atoms with Gasteiger partial charge in [0.1, 0.15) is 0 Å². The molecule has 1 aliphatic heterocycles. The van der Waals surface area contributed by atoms with Crippen molar-refractivity contribution in [1.82, 2.24) is 19.8 Å². The average molecular weight is 479 g/mol. The summed E-state index contributed by atoms with van der Waals surface area (Å²) in [7, 11) is -3.66. The van der Waals surface area contributed by atoms with Gasteiger partial charge in [0.25, 0.3) is 0 Å². The minimum Gasteiger partial charge on any atom is -0.314 e. The maximum Gasteiger partial charge on any atom is 0.243 e. The summed E-state index contributed by atoms with van der Waals surface area (Å²) in [5.74, 6) is 0. The molecule has 180 valence electrons. The van der Waals surface area contributed by atoms with Crippen molar-refractivity contribution in [3.63, 3.8) is 0 Å². The van der Waals surface area contributed by atoms with Crippen molar-refractivity contribution in [2.75, 3.05) is 39.3 Å². The van der Waals surface area contributed by atoms with Crippen LogP contribution in [0.2, 0.25) is 0 Å². The van der Waals surface area contributed by atoms with Gasteiger partial charge in [-0.2, -0.15) is 4.31 Å². The molecule has 6 nitrogen and oxygen atoms in total. The van der Waals surface area contributed by atoms with Gasteiger partial charge in [0, 0.05) is 58.9 Å². The highest BCUT2D eigenvalue weighted by Crippen LogP contribution is 2.22. The average Bonchev–Trinajstić information content (AvgIpc) is 2.99. The quantitative estimate of drug-likeness (QED) is 0.521. The van der Waals surface area contributed by atoms with Gasteiger partial charge in [-0.1, -0.05) is 72.8 Å². The zero-order valence-electron chi connectivity index (χ0n) is 19.6. The molecule has 1 heterocycles. The molecule has 0 bridgehead atoms. The maximum atomic E-state index is 13.7. The highest BCUT2D eigenvalue weighted by molar-refractivity contribution is 7.89. The van der Waals surface area contributed by atoms with Crippen LogP contribution in [0.1, 0.15) is 16.7 Å². The lowest BCUT2D eigenvalue weighted by Crippen LogP contribution is -2.33. The summed E-state index contributed by atoms with van der Waals surface area (Å²) in [6, 6.07) is 26.9. The van der Waals surface area contributed by atoms with Gasteiger partial charge in [0.05, 0.1) is 4.90 Å². The zero-order chi connectivity index (χ0) is 23.6. The first-order valence-electron chi connectivity index (χ1n) is 11.9. The summed E-state index contributed by atoms with van der Waals surface area (Å²) in [6.45, 7) is 7.31. The number of hydrogen-bond acceptors (Lipinski definition) is 5. The normalized spacial score (nSPS) is 16.0. The first-order chi connectivity index (χ1) is 16.6. The Morgan fingerprint density at radius 1 is 0.647 bits per heavy atom. The van der Waals surface area contributed by atoms with E-state index in [2.05, 4.69) is 15.5 Å². The molecule has 1 aliphatic rings. The molecule has 7 heteroatoms. The molecular weight excluding hydrogens is 444 g/mol. The third-order valence-electron chi connectivity index (χ3n) is 6.06. The first-order valence-corrected chi connectivity index (χ1v) is 13.4. The molecule has 0 saturated carbocycles. The van der Waals surface area contributed by atoms with Crippen LogP contribution >= 0.6 is 0 Å². The molecule has 0 aliphatic carbocycles. The second kappa shape index (κ2) is 12.2. The Labute approximate surface area is 203 Å². The third kappa shape index (κ3) is 6.98. The van der Waals surface area contributed by atoms with Gasteiger partial charge in [-0.3, -0.25) is 4.90 Å². The van der Waals surface area contributed by atoms with Crippen LogP contribution in [0.3, 0.4) is 0 Å². The van der Waals surface area contributed by atoms with Crippen LogP contribution < -0.4 is 10.6 Å². The van der Waals surface area contributed by atoms with Gasteiger partial charge in [-0.25, -0.2) is 8.42 Å². The number of hydrogen-bond donors (Lipinski definition) is 2. The van der Waals surface area contributed by atoms with Crippen LogP contribution in [0.15, 0.2) is 89.8 Å². The topological polar surface area (TPSA) is 64.7 Å². The van der Waals surface area contributed by atoms with Crippen LogP contribution in [0, 0.1) is 0 Å². The van der Waals surface area contributed by atoms with Crippen molar-refractivity contribution in [1.29, 1.82) is 0 Å². The van der Waals surface area contributed by atoms with E-state index in [4.69, 9.17) is 0 Å². The minimum absolute atomic E-state index is 0.327. The molecule has 1 saturated heterocycles. The lowest BCUT2D eigenvalue weighted by molar-refractivity contribution is 0.272. The first kappa shape index (κ1) is 24.6. The molecule has 4 rings (SSSR count). The highest BCUT2D eigenvalue weighted by Gasteiger charge is 2.25. The Balaban J connectivity index is 1.51. The van der Waals surface area contributed by atoms with Gasteiger partial charge >= 0.3 is 0 Å². The number of rotatable bonds is 8. The summed E-state index contributed by atoms with van der Waals surface area (Å²) >= 11 is 0. The Bertz CT molecular complexity index is 1050. The summed E-state index contributed by atoms with van der Waals surface area (Å²) in [5, 5.41) is 6.87. The van der Waals surface area contributed by atoms with Crippen molar-refractivity contribution in [3.8, 4) is 0 Å². The molecule has 0 aromatic heterocycles. The highest BCUT2D eigenvalue weighted by atomic mass is 32.2. The Morgan fingerprint density at radius 3 is 1.65 bits per heavy atom. The lowest BCUT2D eigenvalue weighted by Gasteiger charge is -2.24. The van der Waals surface area contributed by atoms with E-state index in [-0.39, 0.29) is 0 Å². The number of benzene rings is 3. The van der Waals surface area contributed by atoms with Gasteiger partial charge in [0.2, 0.25) is 10.0 Å². The van der Waals surface area contributed by atoms with E-state index in [1.54, 1.807) is 16.4 Å². The molecule has 0 spiro atoms. The minimum atomic E-state index is -3.66. The second-order valence-electron chi connectivity index (χ2n) is 8.66. The predicted octanol–water partition coefficient (Wildman–Crippen LogP) is 3.07. The predicted molar refractivity (Wildman–Crippen MR) is 137 cm³/mol. The maximum absolute atomic E-state index is 13.7. The molecule has 0 unspecified atom stereocenters. The molecule has 1 fully saturated rings. The van der Waals surface area contributed by atoms with E-state index >= 15 is 0 Å². The molecule has 34 heavy (non-hydrogen) atoms. The molecular formula is C27H34N4O2S. The molecule has 0 atom stereocenters. The third-order valence-corrected chi connectivity index (χ3v) is 7.86. The largest absolute Gasteiger partial charge is 0.314 e. The SMILES string of the molecule is O=S(=O)(c1ccc(CN2CCNCCNCC2)cc1)N(Cc1ccccc1)Cc1ccccc1. The monoisotopic (exact) mass is 478 g/mol. The summed E-state index contributed by atoms with van der Waals surface area (Å²) in [6.07, 6.45) is 0. The van der Waals surface area contributed by atoms with Crippen LogP contribution in [-0.4, -0.2) is 56.9 Å². The van der Waals surface area contributed by atoms with Crippen molar-refractivity contribution < 1.29 is 8.42 Å². The Hall–Kier alpha value is -2.55. The molecule has 3 aromatic carbocycles. The van der Waals surface area contributed by atoms with Crippen LogP contribution in [0.25, 0.3) is 0 Å². The van der Waals surface area contributed by atoms with E-state index in [1.807, 2.05) is 72.8 Å². The zero-order valence-corrected chi connectivity index (χ0v) is 20.4. The molecule has 0 amide bonds. The Morgan fingerprint density at radius 2 is 1.15 bits per heavy atom. The van der Waals surface area contributed by atoms with Crippen molar-refractivity contribution in [3.05, 3.63) is 102 Å². The van der Waals surface area contributed by atoms with Crippen LogP contribution in [0.4, 0.5) is 0 Å². The van der Waals surface area contributed by atoms with Crippen LogP contribution in [-0.2, 0) is 29.7 Å². The van der Waals surface area contributed by atoms with Crippen molar-refractivity contribution >= 4 is 10.0 Å². The molecule has 3 aromatic rings. The van der Waals surface area contributed by atoms with Gasteiger partial charge in [0.15, 0.2) is 0 Å².